The molecule has 30 heavy (non-hydrogen) atoms. The van der Waals surface area contributed by atoms with Crippen LogP contribution in [-0.4, -0.2) is 60.6 Å². The van der Waals surface area contributed by atoms with Crippen molar-refractivity contribution in [2.24, 2.45) is 5.92 Å². The number of carbonyl (C=O) groups is 1. The van der Waals surface area contributed by atoms with Gasteiger partial charge in [0.1, 0.15) is 0 Å². The molecule has 1 atom stereocenters. The molecule has 0 unspecified atom stereocenters. The Labute approximate surface area is 179 Å². The molecule has 2 saturated heterocycles. The van der Waals surface area contributed by atoms with Gasteiger partial charge in [-0.15, -0.1) is 0 Å². The van der Waals surface area contributed by atoms with E-state index in [2.05, 4.69) is 29.2 Å². The Kier molecular flexibility index (Phi) is 5.91. The summed E-state index contributed by atoms with van der Waals surface area (Å²) in [6, 6.07) is 13.1. The second-order valence-corrected chi connectivity index (χ2v) is 9.13. The molecular formula is C25H32N2O3. The topological polar surface area (TPSA) is 45.9 Å². The summed E-state index contributed by atoms with van der Waals surface area (Å²) in [5, 5.41) is 0. The minimum Gasteiger partial charge on any atom is -0.459 e. The van der Waals surface area contributed by atoms with Gasteiger partial charge in [0.05, 0.1) is 12.4 Å². The fraction of sp³-hybridized carbons (Fsp3) is 0.560. The molecule has 0 N–H and O–H groups in total. The number of carbonyl (C=O) groups excluding carboxylic acids is 1. The van der Waals surface area contributed by atoms with E-state index in [-0.39, 0.29) is 12.0 Å². The lowest BCUT2D eigenvalue weighted by molar-refractivity contribution is 0.0408. The highest BCUT2D eigenvalue weighted by Crippen LogP contribution is 2.29. The number of hydrogen-bond acceptors (Lipinski definition) is 4. The number of rotatable bonds is 6. The zero-order valence-electron chi connectivity index (χ0n) is 17.7. The maximum Gasteiger partial charge on any atom is 0.289 e. The quantitative estimate of drug-likeness (QED) is 0.730. The highest BCUT2D eigenvalue weighted by Gasteiger charge is 2.32. The molecule has 0 bridgehead atoms. The molecule has 1 amide bonds. The smallest absolute Gasteiger partial charge is 0.289 e. The van der Waals surface area contributed by atoms with E-state index in [1.165, 1.54) is 24.0 Å². The molecule has 160 valence electrons. The van der Waals surface area contributed by atoms with Crippen LogP contribution in [0.2, 0.25) is 0 Å². The first-order valence-corrected chi connectivity index (χ1v) is 11.5. The van der Waals surface area contributed by atoms with Gasteiger partial charge >= 0.3 is 0 Å². The van der Waals surface area contributed by atoms with E-state index < -0.39 is 0 Å². The Morgan fingerprint density at radius 3 is 2.40 bits per heavy atom. The van der Waals surface area contributed by atoms with E-state index in [9.17, 15) is 4.79 Å². The first-order chi connectivity index (χ1) is 14.8. The van der Waals surface area contributed by atoms with Gasteiger partial charge in [0.15, 0.2) is 5.76 Å². The van der Waals surface area contributed by atoms with Gasteiger partial charge in [-0.3, -0.25) is 9.69 Å². The number of piperidine rings is 1. The van der Waals surface area contributed by atoms with Gasteiger partial charge in [-0.2, -0.15) is 0 Å². The van der Waals surface area contributed by atoms with Gasteiger partial charge in [-0.1, -0.05) is 24.3 Å². The standard InChI is InChI=1S/C25H32N2O3/c28-25(24-8-4-14-30-24)27(18-23-7-3-13-29-23)17-19-9-11-26(12-10-19)22-15-20-5-1-2-6-21(20)16-22/h1-2,4-6,8,14,19,22-23H,3,7,9-13,15-18H2/t23-/m0/s1. The molecule has 5 nitrogen and oxygen atoms in total. The molecular weight excluding hydrogens is 376 g/mol. The first kappa shape index (κ1) is 19.8. The molecule has 0 spiro atoms. The maximum absolute atomic E-state index is 13.0. The average molecular weight is 409 g/mol. The molecule has 2 fully saturated rings. The van der Waals surface area contributed by atoms with Crippen LogP contribution in [0.15, 0.2) is 47.1 Å². The summed E-state index contributed by atoms with van der Waals surface area (Å²) in [6.45, 7) is 4.56. The average Bonchev–Trinajstić information content (AvgIpc) is 3.54. The molecule has 2 aliphatic heterocycles. The fourth-order valence-corrected chi connectivity index (χ4v) is 5.44. The molecule has 1 aliphatic carbocycles. The maximum atomic E-state index is 13.0. The number of hydrogen-bond donors (Lipinski definition) is 0. The predicted molar refractivity (Wildman–Crippen MR) is 116 cm³/mol. The van der Waals surface area contributed by atoms with E-state index in [1.807, 2.05) is 4.90 Å². The summed E-state index contributed by atoms with van der Waals surface area (Å²) in [5.41, 5.74) is 3.05. The largest absolute Gasteiger partial charge is 0.459 e. The second kappa shape index (κ2) is 8.94. The Bertz CT molecular complexity index is 811. The highest BCUT2D eigenvalue weighted by molar-refractivity contribution is 5.91. The monoisotopic (exact) mass is 408 g/mol. The third-order valence-electron chi connectivity index (χ3n) is 7.14. The normalized spacial score (nSPS) is 23.0. The minimum absolute atomic E-state index is 0.00386. The summed E-state index contributed by atoms with van der Waals surface area (Å²) in [6.07, 6.45) is 8.56. The lowest BCUT2D eigenvalue weighted by atomic mass is 9.94. The molecule has 1 aromatic carbocycles. The number of nitrogens with zero attached hydrogens (tertiary/aromatic N) is 2. The zero-order valence-corrected chi connectivity index (χ0v) is 17.7. The van der Waals surface area contributed by atoms with E-state index in [1.54, 1.807) is 18.4 Å². The molecule has 5 heteroatoms. The van der Waals surface area contributed by atoms with Crippen molar-refractivity contribution in [3.05, 3.63) is 59.5 Å². The van der Waals surface area contributed by atoms with Crippen molar-refractivity contribution in [1.82, 2.24) is 9.80 Å². The molecule has 1 aromatic heterocycles. The van der Waals surface area contributed by atoms with E-state index in [4.69, 9.17) is 9.15 Å². The van der Waals surface area contributed by atoms with Crippen LogP contribution in [0.5, 0.6) is 0 Å². The highest BCUT2D eigenvalue weighted by atomic mass is 16.5. The van der Waals surface area contributed by atoms with Crippen LogP contribution in [-0.2, 0) is 17.6 Å². The molecule has 2 aromatic rings. The molecule has 3 aliphatic rings. The van der Waals surface area contributed by atoms with Crippen molar-refractivity contribution in [2.45, 2.75) is 50.7 Å². The fourth-order valence-electron chi connectivity index (χ4n) is 5.44. The summed E-state index contributed by atoms with van der Waals surface area (Å²) in [5.74, 6) is 0.990. The number of ether oxygens (including phenoxy) is 1. The lowest BCUT2D eigenvalue weighted by Gasteiger charge is -2.38. The molecule has 5 rings (SSSR count). The van der Waals surface area contributed by atoms with E-state index in [0.29, 0.717) is 24.3 Å². The number of furan rings is 1. The SMILES string of the molecule is O=C(c1ccco1)N(CC1CCN(C2Cc3ccccc3C2)CC1)C[C@@H]1CCCO1. The number of amides is 1. The van der Waals surface area contributed by atoms with Crippen LogP contribution in [0.1, 0.15) is 47.4 Å². The van der Waals surface area contributed by atoms with Crippen LogP contribution in [0.3, 0.4) is 0 Å². The minimum atomic E-state index is 0.00386. The number of benzene rings is 1. The Balaban J connectivity index is 1.17. The third kappa shape index (κ3) is 4.33. The predicted octanol–water partition coefficient (Wildman–Crippen LogP) is 3.78. The first-order valence-electron chi connectivity index (χ1n) is 11.5. The Hall–Kier alpha value is -2.11. The van der Waals surface area contributed by atoms with Gasteiger partial charge in [-0.05, 0) is 80.8 Å². The number of likely N-dealkylation sites (tertiary alicyclic amines) is 1. The zero-order chi connectivity index (χ0) is 20.3. The van der Waals surface area contributed by atoms with Crippen LogP contribution >= 0.6 is 0 Å². The van der Waals surface area contributed by atoms with Crippen molar-refractivity contribution in [3.63, 3.8) is 0 Å². The summed E-state index contributed by atoms with van der Waals surface area (Å²) >= 11 is 0. The van der Waals surface area contributed by atoms with Crippen LogP contribution < -0.4 is 0 Å². The summed E-state index contributed by atoms with van der Waals surface area (Å²) in [7, 11) is 0. The summed E-state index contributed by atoms with van der Waals surface area (Å²) in [4.78, 5) is 17.7. The van der Waals surface area contributed by atoms with Gasteiger partial charge in [0, 0.05) is 25.7 Å². The number of fused-ring (bicyclic) bond motifs is 1. The summed E-state index contributed by atoms with van der Waals surface area (Å²) < 4.78 is 11.2. The van der Waals surface area contributed by atoms with Gasteiger partial charge in [0.25, 0.3) is 5.91 Å². The van der Waals surface area contributed by atoms with Crippen LogP contribution in [0.25, 0.3) is 0 Å². The van der Waals surface area contributed by atoms with Gasteiger partial charge in [0.2, 0.25) is 0 Å². The van der Waals surface area contributed by atoms with Crippen molar-refractivity contribution < 1.29 is 13.9 Å². The van der Waals surface area contributed by atoms with E-state index >= 15 is 0 Å². The van der Waals surface area contributed by atoms with Crippen molar-refractivity contribution >= 4 is 5.91 Å². The van der Waals surface area contributed by atoms with Gasteiger partial charge in [-0.25, -0.2) is 0 Å². The van der Waals surface area contributed by atoms with Crippen molar-refractivity contribution in [1.29, 1.82) is 0 Å². The Morgan fingerprint density at radius 2 is 1.77 bits per heavy atom. The van der Waals surface area contributed by atoms with Crippen molar-refractivity contribution in [2.75, 3.05) is 32.8 Å². The van der Waals surface area contributed by atoms with Crippen LogP contribution in [0.4, 0.5) is 0 Å². The van der Waals surface area contributed by atoms with E-state index in [0.717, 1.165) is 51.9 Å². The van der Waals surface area contributed by atoms with Crippen LogP contribution in [0, 0.1) is 5.92 Å². The lowest BCUT2D eigenvalue weighted by Crippen LogP contribution is -2.46. The second-order valence-electron chi connectivity index (χ2n) is 9.13. The molecule has 3 heterocycles. The molecule has 0 saturated carbocycles. The van der Waals surface area contributed by atoms with Crippen molar-refractivity contribution in [3.8, 4) is 0 Å². The Morgan fingerprint density at radius 1 is 1.00 bits per heavy atom. The van der Waals surface area contributed by atoms with Gasteiger partial charge < -0.3 is 14.1 Å². The third-order valence-corrected chi connectivity index (χ3v) is 7.14. The molecule has 0 radical (unpaired) electrons.